The Morgan fingerprint density at radius 2 is 1.05 bits per heavy atom. The molecule has 0 spiro atoms. The van der Waals surface area contributed by atoms with Crippen molar-refractivity contribution in [1.82, 2.24) is 0 Å². The molecule has 0 aliphatic rings. The molecule has 0 unspecified atom stereocenters. The van der Waals surface area contributed by atoms with Gasteiger partial charge in [-0.15, -0.1) is 22.7 Å². The Morgan fingerprint density at radius 1 is 0.595 bits per heavy atom. The lowest BCUT2D eigenvalue weighted by molar-refractivity contribution is 0.112. The quantitative estimate of drug-likeness (QED) is 0.0941. The van der Waals surface area contributed by atoms with E-state index in [0.717, 1.165) is 54.3 Å². The van der Waals surface area contributed by atoms with Gasteiger partial charge in [0.25, 0.3) is 0 Å². The maximum absolute atomic E-state index is 11.0. The van der Waals surface area contributed by atoms with Crippen LogP contribution in [0.4, 0.5) is 0 Å². The molecule has 5 nitrogen and oxygen atoms in total. The molecule has 182 valence electrons. The number of rotatable bonds is 4. The zero-order valence-electron chi connectivity index (χ0n) is 19.4. The Bertz CT molecular complexity index is 1720. The first kappa shape index (κ1) is 24.2. The summed E-state index contributed by atoms with van der Waals surface area (Å²) < 4.78 is 2.24. The number of benzene rings is 4. The highest BCUT2D eigenvalue weighted by Gasteiger charge is 2.09. The van der Waals surface area contributed by atoms with Gasteiger partial charge in [-0.1, -0.05) is 53.7 Å². The van der Waals surface area contributed by atoms with Crippen LogP contribution in [0.5, 0.6) is 11.5 Å². The van der Waals surface area contributed by atoms with Crippen LogP contribution in [0.2, 0.25) is 0 Å². The molecule has 4 aromatic carbocycles. The van der Waals surface area contributed by atoms with Crippen molar-refractivity contribution in [3.8, 4) is 33.8 Å². The normalized spacial score (nSPS) is 11.0. The number of thiophene rings is 2. The molecule has 0 radical (unpaired) electrons. The van der Waals surface area contributed by atoms with Crippen molar-refractivity contribution >= 4 is 55.3 Å². The van der Waals surface area contributed by atoms with E-state index in [1.807, 2.05) is 71.4 Å². The molecule has 0 saturated carbocycles. The average Bonchev–Trinajstić information content (AvgIpc) is 3.61. The summed E-state index contributed by atoms with van der Waals surface area (Å²) in [7, 11) is 0. The largest absolute Gasteiger partial charge is 0.508 e. The van der Waals surface area contributed by atoms with Crippen LogP contribution in [0, 0.1) is 0 Å². The Balaban J connectivity index is 0.000000152. The lowest BCUT2D eigenvalue weighted by Gasteiger charge is -2.05. The number of aldehydes is 1. The third-order valence-corrected chi connectivity index (χ3v) is 7.88. The zero-order valence-corrected chi connectivity index (χ0v) is 21.0. The van der Waals surface area contributed by atoms with E-state index >= 15 is 0 Å². The standard InChI is InChI=1S/C15H11NO2S.C15H10O2S/c17-12-4-1-10(2-5-12)13-6-3-11(9-16-18)14-7-8-19-15(13)14;16-9-11-3-6-13(15-14(11)7-8-18-15)10-1-4-12(17)5-2-10/h1-9,17-18H;1-9,17H/b16-9+;. The average molecular weight is 524 g/mol. The molecule has 7 heteroatoms. The van der Waals surface area contributed by atoms with Gasteiger partial charge in [-0.25, -0.2) is 0 Å². The van der Waals surface area contributed by atoms with Crippen molar-refractivity contribution in [2.24, 2.45) is 5.16 Å². The van der Waals surface area contributed by atoms with Crippen molar-refractivity contribution in [3.63, 3.8) is 0 Å². The molecule has 37 heavy (non-hydrogen) atoms. The van der Waals surface area contributed by atoms with Crippen LogP contribution < -0.4 is 0 Å². The molecule has 0 aliphatic carbocycles. The summed E-state index contributed by atoms with van der Waals surface area (Å²) in [5.41, 5.74) is 5.90. The van der Waals surface area contributed by atoms with Gasteiger partial charge < -0.3 is 15.4 Å². The molecule has 0 saturated heterocycles. The fourth-order valence-electron chi connectivity index (χ4n) is 4.18. The van der Waals surface area contributed by atoms with Crippen molar-refractivity contribution in [3.05, 3.63) is 107 Å². The topological polar surface area (TPSA) is 90.1 Å². The van der Waals surface area contributed by atoms with Gasteiger partial charge in [0, 0.05) is 31.3 Å². The molecule has 0 atom stereocenters. The van der Waals surface area contributed by atoms with Crippen LogP contribution in [-0.4, -0.2) is 27.9 Å². The van der Waals surface area contributed by atoms with Crippen molar-refractivity contribution in [2.45, 2.75) is 0 Å². The van der Waals surface area contributed by atoms with Gasteiger partial charge in [-0.3, -0.25) is 4.79 Å². The van der Waals surface area contributed by atoms with Crippen LogP contribution in [0.3, 0.4) is 0 Å². The lowest BCUT2D eigenvalue weighted by atomic mass is 10.0. The van der Waals surface area contributed by atoms with Crippen LogP contribution in [-0.2, 0) is 0 Å². The van der Waals surface area contributed by atoms with Gasteiger partial charge in [0.05, 0.1) is 6.21 Å². The number of hydrogen-bond donors (Lipinski definition) is 3. The number of carbonyl (C=O) groups excluding carboxylic acids is 1. The van der Waals surface area contributed by atoms with Gasteiger partial charge in [0.2, 0.25) is 0 Å². The predicted molar refractivity (Wildman–Crippen MR) is 153 cm³/mol. The summed E-state index contributed by atoms with van der Waals surface area (Å²) >= 11 is 3.27. The lowest BCUT2D eigenvalue weighted by Crippen LogP contribution is -1.84. The highest BCUT2D eigenvalue weighted by atomic mass is 32.1. The van der Waals surface area contributed by atoms with Crippen LogP contribution >= 0.6 is 22.7 Å². The van der Waals surface area contributed by atoms with Gasteiger partial charge >= 0.3 is 0 Å². The first-order valence-electron chi connectivity index (χ1n) is 11.3. The summed E-state index contributed by atoms with van der Waals surface area (Å²) in [5.74, 6) is 0.515. The number of phenolic OH excluding ortho intramolecular Hbond substituents is 2. The van der Waals surface area contributed by atoms with E-state index in [1.165, 1.54) is 6.21 Å². The highest BCUT2D eigenvalue weighted by molar-refractivity contribution is 7.18. The molecule has 6 aromatic rings. The van der Waals surface area contributed by atoms with Crippen molar-refractivity contribution in [2.75, 3.05) is 0 Å². The summed E-state index contributed by atoms with van der Waals surface area (Å²) in [6.45, 7) is 0. The van der Waals surface area contributed by atoms with E-state index in [2.05, 4.69) is 5.16 Å². The Labute approximate surface area is 220 Å². The molecule has 2 heterocycles. The summed E-state index contributed by atoms with van der Waals surface area (Å²) in [4.78, 5) is 11.0. The molecular weight excluding hydrogens is 502 g/mol. The molecule has 0 aliphatic heterocycles. The molecular formula is C30H21NO4S2. The first-order valence-corrected chi connectivity index (χ1v) is 13.1. The summed E-state index contributed by atoms with van der Waals surface area (Å²) in [6, 6.07) is 25.9. The van der Waals surface area contributed by atoms with Gasteiger partial charge in [0.15, 0.2) is 6.29 Å². The zero-order chi connectivity index (χ0) is 25.8. The number of carbonyl (C=O) groups is 1. The minimum absolute atomic E-state index is 0.255. The Morgan fingerprint density at radius 3 is 1.51 bits per heavy atom. The molecule has 2 aromatic heterocycles. The number of nitrogens with zero attached hydrogens (tertiary/aromatic N) is 1. The van der Waals surface area contributed by atoms with Crippen molar-refractivity contribution in [1.29, 1.82) is 0 Å². The van der Waals surface area contributed by atoms with E-state index in [1.54, 1.807) is 46.9 Å². The predicted octanol–water partition coefficient (Wildman–Crippen LogP) is 8.17. The molecule has 0 bridgehead atoms. The second-order valence-corrected chi connectivity index (χ2v) is 10.0. The minimum atomic E-state index is 0.255. The van der Waals surface area contributed by atoms with E-state index in [9.17, 15) is 15.0 Å². The SMILES string of the molecule is O/N=C/c1ccc(-c2ccc(O)cc2)c2sccc12.O=Cc1ccc(-c2ccc(O)cc2)c2sccc12. The summed E-state index contributed by atoms with van der Waals surface area (Å²) in [6.07, 6.45) is 2.32. The molecule has 0 fully saturated rings. The number of phenols is 2. The Kier molecular flexibility index (Phi) is 6.98. The van der Waals surface area contributed by atoms with E-state index < -0.39 is 0 Å². The van der Waals surface area contributed by atoms with Crippen molar-refractivity contribution < 1.29 is 20.2 Å². The highest BCUT2D eigenvalue weighted by Crippen LogP contribution is 2.36. The van der Waals surface area contributed by atoms with Gasteiger partial charge in [0.1, 0.15) is 11.5 Å². The van der Waals surface area contributed by atoms with E-state index in [0.29, 0.717) is 5.56 Å². The molecule has 6 rings (SSSR count). The minimum Gasteiger partial charge on any atom is -0.508 e. The van der Waals surface area contributed by atoms with Gasteiger partial charge in [-0.05, 0) is 69.4 Å². The van der Waals surface area contributed by atoms with Gasteiger partial charge in [-0.2, -0.15) is 0 Å². The molecule has 0 amide bonds. The number of oxime groups is 1. The maximum atomic E-state index is 11.0. The third kappa shape index (κ3) is 4.95. The second kappa shape index (κ2) is 10.7. The monoisotopic (exact) mass is 523 g/mol. The third-order valence-electron chi connectivity index (χ3n) is 5.98. The van der Waals surface area contributed by atoms with E-state index in [-0.39, 0.29) is 11.5 Å². The molecule has 3 N–H and O–H groups in total. The van der Waals surface area contributed by atoms with E-state index in [4.69, 9.17) is 5.21 Å². The smallest absolute Gasteiger partial charge is 0.150 e. The number of fused-ring (bicyclic) bond motifs is 2. The number of aromatic hydroxyl groups is 2. The van der Waals surface area contributed by atoms with Crippen LogP contribution in [0.15, 0.2) is 101 Å². The fourth-order valence-corrected chi connectivity index (χ4v) is 6.11. The fraction of sp³-hybridized carbons (Fsp3) is 0. The second-order valence-electron chi connectivity index (χ2n) is 8.19. The number of hydrogen-bond acceptors (Lipinski definition) is 7. The summed E-state index contributed by atoms with van der Waals surface area (Å²) in [5, 5.41) is 36.5. The maximum Gasteiger partial charge on any atom is 0.150 e. The first-order chi connectivity index (χ1) is 18.1. The van der Waals surface area contributed by atoms with Crippen LogP contribution in [0.1, 0.15) is 15.9 Å². The Hall–Kier alpha value is -4.46. The van der Waals surface area contributed by atoms with Crippen LogP contribution in [0.25, 0.3) is 42.4 Å².